The minimum atomic E-state index is -0.790. The zero-order chi connectivity index (χ0) is 14.0. The van der Waals surface area contributed by atoms with E-state index in [4.69, 9.17) is 10.4 Å². The van der Waals surface area contributed by atoms with Crippen molar-refractivity contribution in [1.29, 1.82) is 5.26 Å². The number of aliphatic carboxylic acids is 1. The fourth-order valence-corrected chi connectivity index (χ4v) is 2.29. The van der Waals surface area contributed by atoms with Gasteiger partial charge in [-0.25, -0.2) is 4.39 Å². The van der Waals surface area contributed by atoms with Crippen LogP contribution in [-0.2, 0) is 11.3 Å². The molecule has 1 fully saturated rings. The third kappa shape index (κ3) is 2.74. The Morgan fingerprint density at radius 3 is 2.89 bits per heavy atom. The second kappa shape index (κ2) is 5.37. The predicted molar refractivity (Wildman–Crippen MR) is 66.7 cm³/mol. The molecule has 19 heavy (non-hydrogen) atoms. The minimum absolute atomic E-state index is 0.0495. The Balaban J connectivity index is 1.95. The average molecular weight is 262 g/mol. The van der Waals surface area contributed by atoms with Gasteiger partial charge in [-0.15, -0.1) is 0 Å². The molecule has 0 aromatic heterocycles. The molecule has 100 valence electrons. The topological polar surface area (TPSA) is 64.3 Å². The highest BCUT2D eigenvalue weighted by atomic mass is 19.1. The number of nitrogens with zero attached hydrogens (tertiary/aromatic N) is 2. The average Bonchev–Trinajstić information content (AvgIpc) is 2.34. The van der Waals surface area contributed by atoms with E-state index in [0.717, 1.165) is 0 Å². The Morgan fingerprint density at radius 2 is 2.32 bits per heavy atom. The largest absolute Gasteiger partial charge is 0.481 e. The zero-order valence-electron chi connectivity index (χ0n) is 10.6. The zero-order valence-corrected chi connectivity index (χ0v) is 10.6. The first-order chi connectivity index (χ1) is 9.02. The van der Waals surface area contributed by atoms with Gasteiger partial charge in [0.1, 0.15) is 11.9 Å². The van der Waals surface area contributed by atoms with E-state index in [2.05, 4.69) is 0 Å². The monoisotopic (exact) mass is 262 g/mol. The smallest absolute Gasteiger partial charge is 0.306 e. The molecule has 0 saturated carbocycles. The van der Waals surface area contributed by atoms with Gasteiger partial charge in [0.15, 0.2) is 0 Å². The van der Waals surface area contributed by atoms with Crippen LogP contribution in [0, 0.1) is 29.0 Å². The second-order valence-electron chi connectivity index (χ2n) is 4.97. The molecular formula is C14H15FN2O2. The molecule has 4 nitrogen and oxygen atoms in total. The highest BCUT2D eigenvalue weighted by molar-refractivity contribution is 5.70. The number of carboxylic acids is 1. The first kappa shape index (κ1) is 13.5. The summed E-state index contributed by atoms with van der Waals surface area (Å²) in [6.45, 7) is 3.43. The van der Waals surface area contributed by atoms with E-state index in [1.807, 2.05) is 11.0 Å². The van der Waals surface area contributed by atoms with Crippen molar-refractivity contribution in [3.05, 3.63) is 35.1 Å². The number of nitriles is 1. The fourth-order valence-electron chi connectivity index (χ4n) is 2.29. The van der Waals surface area contributed by atoms with Gasteiger partial charge in [0.05, 0.1) is 11.5 Å². The van der Waals surface area contributed by atoms with Crippen LogP contribution < -0.4 is 0 Å². The van der Waals surface area contributed by atoms with E-state index in [9.17, 15) is 9.18 Å². The van der Waals surface area contributed by atoms with E-state index in [0.29, 0.717) is 25.2 Å². The molecule has 1 aromatic carbocycles. The lowest BCUT2D eigenvalue weighted by Gasteiger charge is -2.41. The number of rotatable bonds is 4. The van der Waals surface area contributed by atoms with Crippen LogP contribution in [0.25, 0.3) is 0 Å². The Hall–Kier alpha value is -1.93. The van der Waals surface area contributed by atoms with Gasteiger partial charge in [-0.2, -0.15) is 5.26 Å². The molecule has 1 N–H and O–H groups in total. The van der Waals surface area contributed by atoms with Crippen LogP contribution >= 0.6 is 0 Å². The van der Waals surface area contributed by atoms with Crippen molar-refractivity contribution in [2.75, 3.05) is 13.1 Å². The molecule has 0 aliphatic carbocycles. The number of carbonyl (C=O) groups is 1. The summed E-state index contributed by atoms with van der Waals surface area (Å²) in [5, 5.41) is 17.6. The summed E-state index contributed by atoms with van der Waals surface area (Å²) in [4.78, 5) is 12.8. The summed E-state index contributed by atoms with van der Waals surface area (Å²) in [6, 6.07) is 6.58. The van der Waals surface area contributed by atoms with Gasteiger partial charge in [0.2, 0.25) is 0 Å². The lowest BCUT2D eigenvalue weighted by molar-refractivity contribution is -0.145. The van der Waals surface area contributed by atoms with Gasteiger partial charge in [0, 0.05) is 25.2 Å². The van der Waals surface area contributed by atoms with Gasteiger partial charge in [-0.05, 0) is 12.0 Å². The molecule has 0 spiro atoms. The van der Waals surface area contributed by atoms with Crippen LogP contribution in [-0.4, -0.2) is 29.1 Å². The summed E-state index contributed by atoms with van der Waals surface area (Å²) in [5.74, 6) is -1.51. The van der Waals surface area contributed by atoms with E-state index < -0.39 is 11.8 Å². The van der Waals surface area contributed by atoms with Crippen molar-refractivity contribution in [2.24, 2.45) is 11.8 Å². The lowest BCUT2D eigenvalue weighted by Crippen LogP contribution is -2.50. The summed E-state index contributed by atoms with van der Waals surface area (Å²) >= 11 is 0. The number of benzene rings is 1. The normalized spacial score (nSPS) is 17.5. The lowest BCUT2D eigenvalue weighted by atomic mass is 9.87. The number of hydrogen-bond donors (Lipinski definition) is 1. The Bertz CT molecular complexity index is 533. The van der Waals surface area contributed by atoms with Crippen molar-refractivity contribution in [2.45, 2.75) is 13.5 Å². The molecule has 2 rings (SSSR count). The molecular weight excluding hydrogens is 247 g/mol. The second-order valence-corrected chi connectivity index (χ2v) is 4.97. The van der Waals surface area contributed by atoms with Crippen LogP contribution in [0.1, 0.15) is 18.1 Å². The Kier molecular flexibility index (Phi) is 3.82. The quantitative estimate of drug-likeness (QED) is 0.899. The number of likely N-dealkylation sites (tertiary alicyclic amines) is 1. The number of carboxylic acid groups (broad SMARTS) is 1. The van der Waals surface area contributed by atoms with Crippen LogP contribution in [0.3, 0.4) is 0 Å². The van der Waals surface area contributed by atoms with Crippen molar-refractivity contribution in [3.8, 4) is 6.07 Å². The molecule has 0 bridgehead atoms. The maximum Gasteiger partial charge on any atom is 0.306 e. The standard InChI is InChI=1S/C14H15FN2O2/c1-9(14(18)19)12-7-17(8-12)6-11-4-2-3-10(5-16)13(11)15/h2-4,9,12H,6-8H2,1H3,(H,18,19). The molecule has 0 amide bonds. The van der Waals surface area contributed by atoms with Gasteiger partial charge in [-0.3, -0.25) is 9.69 Å². The van der Waals surface area contributed by atoms with E-state index in [-0.39, 0.29) is 17.4 Å². The predicted octanol–water partition coefficient (Wildman–Crippen LogP) is 1.85. The van der Waals surface area contributed by atoms with Crippen molar-refractivity contribution in [1.82, 2.24) is 4.90 Å². The first-order valence-corrected chi connectivity index (χ1v) is 6.15. The SMILES string of the molecule is CC(C(=O)O)C1CN(Cc2cccc(C#N)c2F)C1. The Morgan fingerprint density at radius 1 is 1.63 bits per heavy atom. The summed E-state index contributed by atoms with van der Waals surface area (Å²) in [6.07, 6.45) is 0. The molecule has 1 heterocycles. The molecule has 1 aromatic rings. The molecule has 1 saturated heterocycles. The molecule has 0 radical (unpaired) electrons. The van der Waals surface area contributed by atoms with Gasteiger partial charge in [0.25, 0.3) is 0 Å². The van der Waals surface area contributed by atoms with Crippen molar-refractivity contribution >= 4 is 5.97 Å². The molecule has 1 unspecified atom stereocenters. The van der Waals surface area contributed by atoms with Crippen molar-refractivity contribution in [3.63, 3.8) is 0 Å². The van der Waals surface area contributed by atoms with Gasteiger partial charge in [-0.1, -0.05) is 19.1 Å². The molecule has 1 atom stereocenters. The van der Waals surface area contributed by atoms with Crippen LogP contribution in [0.5, 0.6) is 0 Å². The molecule has 1 aliphatic heterocycles. The number of hydrogen-bond acceptors (Lipinski definition) is 3. The molecule has 1 aliphatic rings. The van der Waals surface area contributed by atoms with Crippen molar-refractivity contribution < 1.29 is 14.3 Å². The van der Waals surface area contributed by atoms with Crippen LogP contribution in [0.4, 0.5) is 4.39 Å². The van der Waals surface area contributed by atoms with Crippen LogP contribution in [0.15, 0.2) is 18.2 Å². The summed E-state index contributed by atoms with van der Waals surface area (Å²) in [7, 11) is 0. The Labute approximate surface area is 111 Å². The van der Waals surface area contributed by atoms with Gasteiger partial charge >= 0.3 is 5.97 Å². The van der Waals surface area contributed by atoms with E-state index >= 15 is 0 Å². The van der Waals surface area contributed by atoms with Gasteiger partial charge < -0.3 is 5.11 Å². The summed E-state index contributed by atoms with van der Waals surface area (Å²) in [5.41, 5.74) is 0.536. The van der Waals surface area contributed by atoms with E-state index in [1.54, 1.807) is 19.1 Å². The fraction of sp³-hybridized carbons (Fsp3) is 0.429. The van der Waals surface area contributed by atoms with Crippen LogP contribution in [0.2, 0.25) is 0 Å². The molecule has 5 heteroatoms. The summed E-state index contributed by atoms with van der Waals surface area (Å²) < 4.78 is 13.8. The highest BCUT2D eigenvalue weighted by Crippen LogP contribution is 2.26. The maximum absolute atomic E-state index is 13.8. The minimum Gasteiger partial charge on any atom is -0.481 e. The third-order valence-electron chi connectivity index (χ3n) is 3.68. The van der Waals surface area contributed by atoms with E-state index in [1.165, 1.54) is 6.07 Å². The first-order valence-electron chi connectivity index (χ1n) is 6.15. The third-order valence-corrected chi connectivity index (χ3v) is 3.68. The number of halogens is 1. The highest BCUT2D eigenvalue weighted by Gasteiger charge is 2.34. The maximum atomic E-state index is 13.8.